The summed E-state index contributed by atoms with van der Waals surface area (Å²) in [5.41, 5.74) is 10.3. The number of hydrogen-bond acceptors (Lipinski definition) is 4. The second-order valence-electron chi connectivity index (χ2n) is 14.5. The molecular formula is C52H38N2S2. The molecule has 2 nitrogen and oxygen atoms in total. The Labute approximate surface area is 335 Å². The molecule has 3 aromatic heterocycles. The van der Waals surface area contributed by atoms with Crippen molar-refractivity contribution in [3.63, 3.8) is 0 Å². The highest BCUT2D eigenvalue weighted by atomic mass is 32.1. The molecule has 2 unspecified atom stereocenters. The number of aryl methyl sites for hydroxylation is 1. The molecule has 0 saturated heterocycles. The molecule has 0 aliphatic heterocycles. The molecule has 2 atom stereocenters. The van der Waals surface area contributed by atoms with Crippen LogP contribution in [-0.2, 0) is 0 Å². The fourth-order valence-electron chi connectivity index (χ4n) is 8.56. The number of aromatic nitrogens is 2. The third-order valence-electron chi connectivity index (χ3n) is 11.3. The molecule has 9 aromatic rings. The summed E-state index contributed by atoms with van der Waals surface area (Å²) in [5.74, 6) is 0.968. The van der Waals surface area contributed by atoms with Crippen molar-refractivity contribution >= 4 is 80.9 Å². The number of hydrogen-bond donors (Lipinski definition) is 0. The van der Waals surface area contributed by atoms with Gasteiger partial charge in [0.2, 0.25) is 0 Å². The van der Waals surface area contributed by atoms with Gasteiger partial charge in [0.25, 0.3) is 0 Å². The highest BCUT2D eigenvalue weighted by Gasteiger charge is 2.32. The predicted octanol–water partition coefficient (Wildman–Crippen LogP) is 15.0. The topological polar surface area (TPSA) is 25.8 Å². The Morgan fingerprint density at radius 3 is 2.21 bits per heavy atom. The molecule has 3 heterocycles. The Kier molecular flexibility index (Phi) is 8.66. The maximum atomic E-state index is 5.58. The van der Waals surface area contributed by atoms with Gasteiger partial charge in [-0.1, -0.05) is 165 Å². The number of nitrogens with zero attached hydrogens (tertiary/aromatic N) is 2. The number of thiophene rings is 2. The van der Waals surface area contributed by atoms with Gasteiger partial charge in [0.15, 0.2) is 5.82 Å². The summed E-state index contributed by atoms with van der Waals surface area (Å²) in [6, 6.07) is 50.2. The second kappa shape index (κ2) is 14.1. The van der Waals surface area contributed by atoms with E-state index in [9.17, 15) is 0 Å². The summed E-state index contributed by atoms with van der Waals surface area (Å²) in [6.45, 7) is 8.56. The first-order chi connectivity index (χ1) is 27.6. The van der Waals surface area contributed by atoms with Crippen molar-refractivity contribution in [2.75, 3.05) is 0 Å². The van der Waals surface area contributed by atoms with Crippen LogP contribution in [0.1, 0.15) is 40.1 Å². The van der Waals surface area contributed by atoms with Crippen molar-refractivity contribution in [3.05, 3.63) is 198 Å². The molecule has 1 aliphatic rings. The lowest BCUT2D eigenvalue weighted by Crippen LogP contribution is -2.16. The number of benzene rings is 6. The summed E-state index contributed by atoms with van der Waals surface area (Å²) in [7, 11) is 0. The van der Waals surface area contributed by atoms with Crippen LogP contribution in [0.15, 0.2) is 170 Å². The first-order valence-electron chi connectivity index (χ1n) is 19.1. The van der Waals surface area contributed by atoms with Crippen molar-refractivity contribution in [1.82, 2.24) is 9.97 Å². The van der Waals surface area contributed by atoms with Crippen LogP contribution < -0.4 is 0 Å². The molecular weight excluding hydrogens is 717 g/mol. The highest BCUT2D eigenvalue weighted by molar-refractivity contribution is 7.26. The van der Waals surface area contributed by atoms with Crippen molar-refractivity contribution in [2.24, 2.45) is 5.92 Å². The zero-order valence-electron chi connectivity index (χ0n) is 31.2. The standard InChI is InChI=1S/C52H38N2S2/c1-4-5-27-47-32(2)37-22-14-25-43(50(37)55-47)40-30-29-36(41-23-15-24-42-39-21-11-12-28-48(39)56-51(41)42)33(3)49(40)46-31-45(35-17-7-6-8-18-35)53-52(54-46)44-26-13-19-34-16-9-10-20-38(34)44/h4-31,33,36H,1H2,2-3H3/b27-5-. The monoisotopic (exact) mass is 754 g/mol. The minimum atomic E-state index is 0.0983. The Balaban J connectivity index is 1.25. The quantitative estimate of drug-likeness (QED) is 0.151. The van der Waals surface area contributed by atoms with E-state index >= 15 is 0 Å². The van der Waals surface area contributed by atoms with Gasteiger partial charge in [0.1, 0.15) is 0 Å². The van der Waals surface area contributed by atoms with Crippen LogP contribution in [0.4, 0.5) is 0 Å². The maximum Gasteiger partial charge on any atom is 0.161 e. The SMILES string of the molecule is C=C/C=C\c1sc2c(C3=C(c4cc(-c5ccccc5)nc(-c5cccc6ccccc56)n4)C(C)C(c4cccc5c4sc4ccccc45)C=C3)cccc2c1C. The predicted molar refractivity (Wildman–Crippen MR) is 243 cm³/mol. The third kappa shape index (κ3) is 5.76. The van der Waals surface area contributed by atoms with E-state index in [-0.39, 0.29) is 11.8 Å². The Hall–Kier alpha value is -6.20. The van der Waals surface area contributed by atoms with E-state index < -0.39 is 0 Å². The summed E-state index contributed by atoms with van der Waals surface area (Å²) >= 11 is 3.76. The number of fused-ring (bicyclic) bond motifs is 5. The van der Waals surface area contributed by atoms with Gasteiger partial charge in [-0.25, -0.2) is 9.97 Å². The van der Waals surface area contributed by atoms with E-state index in [4.69, 9.17) is 9.97 Å². The van der Waals surface area contributed by atoms with Crippen molar-refractivity contribution < 1.29 is 0 Å². The fraction of sp³-hybridized carbons (Fsp3) is 0.0769. The second-order valence-corrected chi connectivity index (χ2v) is 16.7. The third-order valence-corrected chi connectivity index (χ3v) is 13.9. The first-order valence-corrected chi connectivity index (χ1v) is 20.8. The molecule has 0 spiro atoms. The van der Waals surface area contributed by atoms with Crippen LogP contribution in [0.2, 0.25) is 0 Å². The van der Waals surface area contributed by atoms with Crippen molar-refractivity contribution in [3.8, 4) is 22.6 Å². The Morgan fingerprint density at radius 2 is 1.34 bits per heavy atom. The fourth-order valence-corrected chi connectivity index (χ4v) is 11.1. The smallest absolute Gasteiger partial charge is 0.161 e. The lowest BCUT2D eigenvalue weighted by Gasteiger charge is -2.31. The van der Waals surface area contributed by atoms with Crippen LogP contribution in [0.5, 0.6) is 0 Å². The van der Waals surface area contributed by atoms with Gasteiger partial charge in [-0.15, -0.1) is 22.7 Å². The molecule has 56 heavy (non-hydrogen) atoms. The zero-order valence-corrected chi connectivity index (χ0v) is 32.9. The Morgan fingerprint density at radius 1 is 0.643 bits per heavy atom. The van der Waals surface area contributed by atoms with Crippen LogP contribution in [-0.4, -0.2) is 9.97 Å². The Bertz CT molecular complexity index is 3080. The van der Waals surface area contributed by atoms with Crippen molar-refractivity contribution in [2.45, 2.75) is 19.8 Å². The van der Waals surface area contributed by atoms with Gasteiger partial charge < -0.3 is 0 Å². The summed E-state index contributed by atoms with van der Waals surface area (Å²) in [6.07, 6.45) is 10.9. The van der Waals surface area contributed by atoms with E-state index in [1.165, 1.54) is 68.4 Å². The van der Waals surface area contributed by atoms with Crippen LogP contribution >= 0.6 is 22.7 Å². The number of allylic oxidation sites excluding steroid dienone is 6. The van der Waals surface area contributed by atoms with Crippen molar-refractivity contribution in [1.29, 1.82) is 0 Å². The van der Waals surface area contributed by atoms with Gasteiger partial charge >= 0.3 is 0 Å². The average molecular weight is 755 g/mol. The van der Waals surface area contributed by atoms with E-state index in [0.717, 1.165) is 33.7 Å². The molecule has 0 radical (unpaired) electrons. The molecule has 10 rings (SSSR count). The summed E-state index contributed by atoms with van der Waals surface area (Å²) in [4.78, 5) is 12.1. The molecule has 0 fully saturated rings. The van der Waals surface area contributed by atoms with E-state index in [1.54, 1.807) is 0 Å². The lowest BCUT2D eigenvalue weighted by molar-refractivity contribution is 0.657. The van der Waals surface area contributed by atoms with Gasteiger partial charge in [-0.3, -0.25) is 0 Å². The minimum Gasteiger partial charge on any atom is -0.228 e. The molecule has 0 saturated carbocycles. The molecule has 0 bridgehead atoms. The molecule has 0 N–H and O–H groups in total. The van der Waals surface area contributed by atoms with Gasteiger partial charge in [0, 0.05) is 46.8 Å². The largest absolute Gasteiger partial charge is 0.228 e. The minimum absolute atomic E-state index is 0.0983. The maximum absolute atomic E-state index is 5.58. The summed E-state index contributed by atoms with van der Waals surface area (Å²) < 4.78 is 3.97. The first kappa shape index (κ1) is 34.3. The zero-order chi connectivity index (χ0) is 37.8. The molecule has 0 amide bonds. The van der Waals surface area contributed by atoms with Gasteiger partial charge in [-0.05, 0) is 75.0 Å². The molecule has 6 aromatic carbocycles. The highest BCUT2D eigenvalue weighted by Crippen LogP contribution is 2.50. The van der Waals surface area contributed by atoms with E-state index in [2.05, 4.69) is 178 Å². The van der Waals surface area contributed by atoms with E-state index in [1.807, 2.05) is 34.8 Å². The van der Waals surface area contributed by atoms with Gasteiger partial charge in [-0.2, -0.15) is 0 Å². The molecule has 4 heteroatoms. The summed E-state index contributed by atoms with van der Waals surface area (Å²) in [5, 5.41) is 6.25. The van der Waals surface area contributed by atoms with Crippen LogP contribution in [0.25, 0.3) is 80.9 Å². The number of rotatable bonds is 7. The average Bonchev–Trinajstić information content (AvgIpc) is 3.80. The molecule has 1 aliphatic carbocycles. The van der Waals surface area contributed by atoms with Crippen LogP contribution in [0, 0.1) is 12.8 Å². The lowest BCUT2D eigenvalue weighted by atomic mass is 9.74. The van der Waals surface area contributed by atoms with E-state index in [0.29, 0.717) is 0 Å². The van der Waals surface area contributed by atoms with Crippen LogP contribution in [0.3, 0.4) is 0 Å². The normalized spacial score (nSPS) is 15.9. The van der Waals surface area contributed by atoms with Gasteiger partial charge in [0.05, 0.1) is 11.4 Å². The molecule has 268 valence electrons.